The van der Waals surface area contributed by atoms with Gasteiger partial charge >= 0.3 is 12.0 Å². The van der Waals surface area contributed by atoms with Crippen LogP contribution in [0.15, 0.2) is 78.9 Å². The van der Waals surface area contributed by atoms with Gasteiger partial charge in [0.25, 0.3) is 0 Å². The number of carbonyl (C=O) groups is 3. The van der Waals surface area contributed by atoms with Gasteiger partial charge < -0.3 is 20.3 Å². The van der Waals surface area contributed by atoms with Gasteiger partial charge in [0, 0.05) is 37.5 Å². The average molecular weight is 559 g/mol. The van der Waals surface area contributed by atoms with Crippen LogP contribution in [0.25, 0.3) is 10.6 Å². The number of ether oxygens (including phenoxy) is 1. The van der Waals surface area contributed by atoms with Crippen molar-refractivity contribution < 1.29 is 19.1 Å². The third-order valence-electron chi connectivity index (χ3n) is 5.84. The Morgan fingerprint density at radius 3 is 2.25 bits per heavy atom. The molecule has 3 aromatic carbocycles. The van der Waals surface area contributed by atoms with Crippen molar-refractivity contribution in [1.82, 2.24) is 15.5 Å². The summed E-state index contributed by atoms with van der Waals surface area (Å²) < 4.78 is 4.98. The zero-order valence-electron chi connectivity index (χ0n) is 22.4. The SMILES string of the molecule is CCOC(=O)c1ccc(NC(=O)NC(Cc2ccccc2)C(=O)Nc2nnc(-c3ccc(N(C)C)cc3)s2)cc1. The van der Waals surface area contributed by atoms with E-state index in [2.05, 4.69) is 26.1 Å². The van der Waals surface area contributed by atoms with Crippen molar-refractivity contribution in [1.29, 1.82) is 0 Å². The molecule has 40 heavy (non-hydrogen) atoms. The lowest BCUT2D eigenvalue weighted by atomic mass is 10.1. The van der Waals surface area contributed by atoms with Crippen LogP contribution in [0.5, 0.6) is 0 Å². The molecule has 4 rings (SSSR count). The topological polar surface area (TPSA) is 126 Å². The molecule has 4 aromatic rings. The summed E-state index contributed by atoms with van der Waals surface area (Å²) in [5.74, 6) is -0.870. The molecule has 0 aliphatic carbocycles. The van der Waals surface area contributed by atoms with Crippen LogP contribution in [0.3, 0.4) is 0 Å². The number of benzene rings is 3. The fourth-order valence-corrected chi connectivity index (χ4v) is 4.53. The van der Waals surface area contributed by atoms with Crippen LogP contribution in [0, 0.1) is 0 Å². The van der Waals surface area contributed by atoms with E-state index in [1.165, 1.54) is 11.3 Å². The maximum atomic E-state index is 13.3. The molecule has 1 atom stereocenters. The Hall–Kier alpha value is -4.77. The summed E-state index contributed by atoms with van der Waals surface area (Å²) in [5.41, 5.74) is 3.65. The van der Waals surface area contributed by atoms with E-state index in [0.717, 1.165) is 16.8 Å². The lowest BCUT2D eigenvalue weighted by molar-refractivity contribution is -0.117. The van der Waals surface area contributed by atoms with E-state index in [4.69, 9.17) is 4.74 Å². The van der Waals surface area contributed by atoms with Gasteiger partial charge in [0.05, 0.1) is 12.2 Å². The van der Waals surface area contributed by atoms with Crippen LogP contribution >= 0.6 is 11.3 Å². The van der Waals surface area contributed by atoms with E-state index in [-0.39, 0.29) is 13.0 Å². The number of nitrogens with one attached hydrogen (secondary N) is 3. The lowest BCUT2D eigenvalue weighted by Gasteiger charge is -2.18. The average Bonchev–Trinajstić information content (AvgIpc) is 3.42. The molecule has 3 N–H and O–H groups in total. The molecule has 1 unspecified atom stereocenters. The number of hydrogen-bond donors (Lipinski definition) is 3. The molecule has 1 aromatic heterocycles. The minimum atomic E-state index is -0.895. The van der Waals surface area contributed by atoms with Crippen LogP contribution in [-0.2, 0) is 16.0 Å². The molecule has 0 aliphatic rings. The number of hydrogen-bond acceptors (Lipinski definition) is 8. The first-order valence-corrected chi connectivity index (χ1v) is 13.4. The van der Waals surface area contributed by atoms with Gasteiger partial charge in [-0.1, -0.05) is 41.7 Å². The zero-order valence-corrected chi connectivity index (χ0v) is 23.2. The third-order valence-corrected chi connectivity index (χ3v) is 6.73. The van der Waals surface area contributed by atoms with Crippen molar-refractivity contribution in [3.8, 4) is 10.6 Å². The number of carbonyl (C=O) groups excluding carboxylic acids is 3. The highest BCUT2D eigenvalue weighted by atomic mass is 32.1. The Bertz CT molecular complexity index is 1440. The first-order valence-electron chi connectivity index (χ1n) is 12.6. The molecule has 0 bridgehead atoms. The normalized spacial score (nSPS) is 11.3. The Morgan fingerprint density at radius 1 is 0.900 bits per heavy atom. The Kier molecular flexibility index (Phi) is 9.42. The van der Waals surface area contributed by atoms with Crippen molar-refractivity contribution in [3.63, 3.8) is 0 Å². The monoisotopic (exact) mass is 558 g/mol. The summed E-state index contributed by atoms with van der Waals surface area (Å²) in [6.07, 6.45) is 0.263. The number of esters is 1. The zero-order chi connectivity index (χ0) is 28.5. The van der Waals surface area contributed by atoms with Crippen LogP contribution in [0.1, 0.15) is 22.8 Å². The number of amides is 3. The van der Waals surface area contributed by atoms with Crippen LogP contribution < -0.4 is 20.9 Å². The van der Waals surface area contributed by atoms with Crippen LogP contribution in [0.4, 0.5) is 21.3 Å². The third kappa shape index (κ3) is 7.64. The van der Waals surface area contributed by atoms with Crippen LogP contribution in [0.2, 0.25) is 0 Å². The number of rotatable bonds is 10. The van der Waals surface area contributed by atoms with Crippen molar-refractivity contribution in [2.45, 2.75) is 19.4 Å². The van der Waals surface area contributed by atoms with E-state index < -0.39 is 23.9 Å². The molecule has 10 nitrogen and oxygen atoms in total. The summed E-state index contributed by atoms with van der Waals surface area (Å²) in [7, 11) is 3.94. The Labute approximate surface area is 236 Å². The first-order chi connectivity index (χ1) is 19.3. The van der Waals surface area contributed by atoms with Gasteiger partial charge in [-0.2, -0.15) is 0 Å². The molecule has 0 aliphatic heterocycles. The highest BCUT2D eigenvalue weighted by Crippen LogP contribution is 2.28. The predicted molar refractivity (Wildman–Crippen MR) is 157 cm³/mol. The minimum Gasteiger partial charge on any atom is -0.462 e. The molecule has 206 valence electrons. The molecular weight excluding hydrogens is 528 g/mol. The van der Waals surface area contributed by atoms with Crippen molar-refractivity contribution in [2.75, 3.05) is 36.2 Å². The molecule has 1 heterocycles. The Balaban J connectivity index is 1.43. The largest absolute Gasteiger partial charge is 0.462 e. The summed E-state index contributed by atoms with van der Waals surface area (Å²) >= 11 is 1.25. The fraction of sp³-hybridized carbons (Fsp3) is 0.207. The van der Waals surface area contributed by atoms with Gasteiger partial charge in [0.1, 0.15) is 11.0 Å². The molecule has 0 fully saturated rings. The lowest BCUT2D eigenvalue weighted by Crippen LogP contribution is -2.46. The number of urea groups is 1. The van der Waals surface area contributed by atoms with E-state index in [1.54, 1.807) is 31.2 Å². The van der Waals surface area contributed by atoms with Gasteiger partial charge in [-0.25, -0.2) is 9.59 Å². The predicted octanol–water partition coefficient (Wildman–Crippen LogP) is 4.82. The maximum absolute atomic E-state index is 13.3. The number of anilines is 3. The van der Waals surface area contributed by atoms with E-state index >= 15 is 0 Å². The van der Waals surface area contributed by atoms with Crippen LogP contribution in [-0.4, -0.2) is 54.8 Å². The molecule has 11 heteroatoms. The molecule has 3 amide bonds. The summed E-state index contributed by atoms with van der Waals surface area (Å²) in [5, 5.41) is 17.6. The molecule has 0 saturated heterocycles. The second-order valence-electron chi connectivity index (χ2n) is 8.98. The maximum Gasteiger partial charge on any atom is 0.338 e. The Morgan fingerprint density at radius 2 is 1.60 bits per heavy atom. The second-order valence-corrected chi connectivity index (χ2v) is 9.96. The summed E-state index contributed by atoms with van der Waals surface area (Å²) in [4.78, 5) is 40.0. The number of nitrogens with zero attached hydrogens (tertiary/aromatic N) is 3. The summed E-state index contributed by atoms with van der Waals surface area (Å²) in [6, 6.07) is 22.1. The van der Waals surface area contributed by atoms with Gasteiger partial charge in [-0.15, -0.1) is 10.2 Å². The molecule has 0 saturated carbocycles. The first kappa shape index (κ1) is 28.2. The van der Waals surface area contributed by atoms with Crippen molar-refractivity contribution >= 4 is 45.8 Å². The summed E-state index contributed by atoms with van der Waals surface area (Å²) in [6.45, 7) is 2.00. The molecular formula is C29H30N6O4S. The van der Waals surface area contributed by atoms with Gasteiger partial charge in [-0.3, -0.25) is 10.1 Å². The van der Waals surface area contributed by atoms with Crippen molar-refractivity contribution in [2.24, 2.45) is 0 Å². The second kappa shape index (κ2) is 13.3. The smallest absolute Gasteiger partial charge is 0.338 e. The highest BCUT2D eigenvalue weighted by Gasteiger charge is 2.23. The van der Waals surface area contributed by atoms with Gasteiger partial charge in [0.15, 0.2) is 0 Å². The molecule has 0 radical (unpaired) electrons. The van der Waals surface area contributed by atoms with E-state index in [1.807, 2.05) is 73.6 Å². The van der Waals surface area contributed by atoms with E-state index in [0.29, 0.717) is 21.4 Å². The van der Waals surface area contributed by atoms with Gasteiger partial charge in [0.2, 0.25) is 11.0 Å². The van der Waals surface area contributed by atoms with Crippen molar-refractivity contribution in [3.05, 3.63) is 90.0 Å². The highest BCUT2D eigenvalue weighted by molar-refractivity contribution is 7.18. The molecule has 0 spiro atoms. The fourth-order valence-electron chi connectivity index (χ4n) is 3.77. The quantitative estimate of drug-likeness (QED) is 0.238. The standard InChI is InChI=1S/C29H30N6O4S/c1-4-39-27(37)21-10-14-22(15-11-21)30-28(38)31-24(18-19-8-6-5-7-9-19)25(36)32-29-34-33-26(40-29)20-12-16-23(17-13-20)35(2)3/h5-17,24H,4,18H2,1-3H3,(H2,30,31,38)(H,32,34,36). The number of aromatic nitrogens is 2. The van der Waals surface area contributed by atoms with E-state index in [9.17, 15) is 14.4 Å². The minimum absolute atomic E-state index is 0.263. The van der Waals surface area contributed by atoms with Gasteiger partial charge in [-0.05, 0) is 61.0 Å².